The molecule has 20 heavy (non-hydrogen) atoms. The fourth-order valence-electron chi connectivity index (χ4n) is 1.33. The number of carboxylic acid groups (broad SMARTS) is 1. The predicted octanol–water partition coefficient (Wildman–Crippen LogP) is 4.07. The van der Waals surface area contributed by atoms with E-state index in [2.05, 4.69) is 9.50 Å². The maximum Gasteiger partial charge on any atom is 0.518 e. The highest BCUT2D eigenvalue weighted by atomic mass is 32.2. The Hall–Kier alpha value is -1.69. The average Bonchev–Trinajstić information content (AvgIpc) is 2.38. The third-order valence-corrected chi connectivity index (χ3v) is 3.83. The molecular formula is C14H19NO4S. The van der Waals surface area contributed by atoms with Gasteiger partial charge in [0.05, 0.1) is 10.6 Å². The van der Waals surface area contributed by atoms with Gasteiger partial charge < -0.3 is 14.6 Å². The van der Waals surface area contributed by atoms with Gasteiger partial charge in [-0.05, 0) is 31.0 Å². The average molecular weight is 297 g/mol. The summed E-state index contributed by atoms with van der Waals surface area (Å²) in [4.78, 5) is 23.2. The van der Waals surface area contributed by atoms with Crippen molar-refractivity contribution in [3.8, 4) is 0 Å². The second-order valence-corrected chi connectivity index (χ2v) is 5.90. The number of hydrogen-bond donors (Lipinski definition) is 2. The molecule has 0 spiro atoms. The number of anilines is 1. The van der Waals surface area contributed by atoms with Crippen LogP contribution in [0.1, 0.15) is 32.8 Å². The first-order valence-electron chi connectivity index (χ1n) is 6.26. The van der Waals surface area contributed by atoms with E-state index in [1.807, 2.05) is 33.8 Å². The van der Waals surface area contributed by atoms with E-state index in [9.17, 15) is 9.59 Å². The fraction of sp³-hybridized carbons (Fsp3) is 0.429. The molecule has 0 saturated heterocycles. The highest BCUT2D eigenvalue weighted by Gasteiger charge is 2.26. The highest BCUT2D eigenvalue weighted by molar-refractivity contribution is 7.95. The lowest BCUT2D eigenvalue weighted by Crippen LogP contribution is -2.30. The molecule has 0 aliphatic rings. The molecule has 0 radical (unpaired) electrons. The van der Waals surface area contributed by atoms with Crippen molar-refractivity contribution in [2.24, 2.45) is 5.41 Å². The quantitative estimate of drug-likeness (QED) is 0.801. The fourth-order valence-corrected chi connectivity index (χ4v) is 1.94. The van der Waals surface area contributed by atoms with Crippen LogP contribution in [-0.2, 0) is 8.98 Å². The van der Waals surface area contributed by atoms with Crippen LogP contribution in [0.15, 0.2) is 23.1 Å². The van der Waals surface area contributed by atoms with Crippen LogP contribution in [0.4, 0.5) is 10.5 Å². The van der Waals surface area contributed by atoms with Crippen LogP contribution in [0.25, 0.3) is 0 Å². The lowest BCUT2D eigenvalue weighted by atomic mass is 9.89. The van der Waals surface area contributed by atoms with E-state index in [4.69, 9.17) is 5.11 Å². The molecule has 0 unspecified atom stereocenters. The van der Waals surface area contributed by atoms with E-state index in [0.717, 1.165) is 5.56 Å². The summed E-state index contributed by atoms with van der Waals surface area (Å²) in [5.41, 5.74) is 1.02. The monoisotopic (exact) mass is 297 g/mol. The topological polar surface area (TPSA) is 75.6 Å². The summed E-state index contributed by atoms with van der Waals surface area (Å²) in [7, 11) is 0. The number of hydrogen-bond acceptors (Lipinski definition) is 4. The summed E-state index contributed by atoms with van der Waals surface area (Å²) >= 11 is 0.715. The summed E-state index contributed by atoms with van der Waals surface area (Å²) in [6, 6.07) is 5.36. The Labute approximate surface area is 122 Å². The Kier molecular flexibility index (Phi) is 5.44. The maximum atomic E-state index is 12.2. The van der Waals surface area contributed by atoms with Crippen molar-refractivity contribution in [1.29, 1.82) is 0 Å². The minimum Gasteiger partial charge on any atom is -0.449 e. The van der Waals surface area contributed by atoms with E-state index >= 15 is 0 Å². The molecule has 1 rings (SSSR count). The summed E-state index contributed by atoms with van der Waals surface area (Å²) < 4.78 is 4.50. The molecule has 2 N–H and O–H groups in total. The molecule has 0 heterocycles. The first kappa shape index (κ1) is 16.4. The number of amides is 1. The van der Waals surface area contributed by atoms with Gasteiger partial charge in [-0.3, -0.25) is 4.79 Å². The molecule has 0 aromatic heterocycles. The van der Waals surface area contributed by atoms with E-state index in [0.29, 0.717) is 29.0 Å². The molecule has 1 aromatic rings. The highest BCUT2D eigenvalue weighted by Crippen LogP contribution is 2.31. The van der Waals surface area contributed by atoms with Gasteiger partial charge in [-0.1, -0.05) is 26.8 Å². The van der Waals surface area contributed by atoms with Crippen LogP contribution in [-0.4, -0.2) is 17.2 Å². The molecule has 1 amide bonds. The zero-order chi connectivity index (χ0) is 15.3. The molecule has 0 saturated carbocycles. The largest absolute Gasteiger partial charge is 0.518 e. The molecule has 0 aliphatic carbocycles. The van der Waals surface area contributed by atoms with Crippen molar-refractivity contribution in [1.82, 2.24) is 0 Å². The first-order valence-corrected chi connectivity index (χ1v) is 7.00. The van der Waals surface area contributed by atoms with Gasteiger partial charge in [0.2, 0.25) is 5.91 Å². The van der Waals surface area contributed by atoms with Crippen molar-refractivity contribution in [2.45, 2.75) is 39.0 Å². The summed E-state index contributed by atoms with van der Waals surface area (Å²) in [5, 5.41) is 11.4. The van der Waals surface area contributed by atoms with E-state index in [-0.39, 0.29) is 5.91 Å². The summed E-state index contributed by atoms with van der Waals surface area (Å²) in [5.74, 6) is -0.110. The van der Waals surface area contributed by atoms with Crippen LogP contribution in [0.2, 0.25) is 0 Å². The number of rotatable bonds is 5. The first-order chi connectivity index (χ1) is 9.26. The molecular weight excluding hydrogens is 278 g/mol. The molecule has 0 atom stereocenters. The molecule has 1 aromatic carbocycles. The van der Waals surface area contributed by atoms with Gasteiger partial charge in [-0.15, -0.1) is 0 Å². The van der Waals surface area contributed by atoms with E-state index in [1.54, 1.807) is 12.1 Å². The van der Waals surface area contributed by atoms with Crippen LogP contribution in [0, 0.1) is 12.3 Å². The van der Waals surface area contributed by atoms with Crippen LogP contribution in [0.5, 0.6) is 0 Å². The molecule has 110 valence electrons. The Morgan fingerprint density at radius 2 is 2.05 bits per heavy atom. The SMILES string of the molecule is CCC(C)(C)C(=O)Nc1ccc(C)cc1SOC(=O)O. The number of nitrogens with one attached hydrogen (secondary N) is 1. The number of carbonyl (C=O) groups excluding carboxylic acids is 1. The van der Waals surface area contributed by atoms with Crippen LogP contribution >= 0.6 is 12.0 Å². The lowest BCUT2D eigenvalue weighted by molar-refractivity contribution is -0.124. The van der Waals surface area contributed by atoms with E-state index < -0.39 is 11.6 Å². The van der Waals surface area contributed by atoms with Crippen LogP contribution < -0.4 is 5.32 Å². The third-order valence-electron chi connectivity index (χ3n) is 3.09. The summed E-state index contributed by atoms with van der Waals surface area (Å²) in [6.45, 7) is 7.54. The van der Waals surface area contributed by atoms with Gasteiger partial charge in [0, 0.05) is 5.41 Å². The second kappa shape index (κ2) is 6.65. The van der Waals surface area contributed by atoms with Crippen molar-refractivity contribution in [2.75, 3.05) is 5.32 Å². The minimum atomic E-state index is -1.37. The van der Waals surface area contributed by atoms with Gasteiger partial charge in [0.15, 0.2) is 0 Å². The lowest BCUT2D eigenvalue weighted by Gasteiger charge is -2.22. The van der Waals surface area contributed by atoms with Gasteiger partial charge in [-0.25, -0.2) is 4.79 Å². The summed E-state index contributed by atoms with van der Waals surface area (Å²) in [6.07, 6.45) is -0.665. The minimum absolute atomic E-state index is 0.110. The van der Waals surface area contributed by atoms with Gasteiger partial charge >= 0.3 is 6.16 Å². The van der Waals surface area contributed by atoms with Gasteiger partial charge in [0.1, 0.15) is 12.0 Å². The number of carbonyl (C=O) groups is 2. The molecule has 5 nitrogen and oxygen atoms in total. The molecule has 0 aliphatic heterocycles. The Morgan fingerprint density at radius 1 is 1.40 bits per heavy atom. The second-order valence-electron chi connectivity index (χ2n) is 5.12. The van der Waals surface area contributed by atoms with Gasteiger partial charge in [0.25, 0.3) is 0 Å². The maximum absolute atomic E-state index is 12.2. The normalized spacial score (nSPS) is 11.0. The third kappa shape index (κ3) is 4.45. The Bertz CT molecular complexity index is 514. The van der Waals surface area contributed by atoms with Crippen molar-refractivity contribution < 1.29 is 18.9 Å². The predicted molar refractivity (Wildman–Crippen MR) is 78.8 cm³/mol. The zero-order valence-electron chi connectivity index (χ0n) is 12.0. The number of aryl methyl sites for hydroxylation is 1. The Balaban J connectivity index is 2.94. The molecule has 0 bridgehead atoms. The number of benzene rings is 1. The smallest absolute Gasteiger partial charge is 0.449 e. The molecule has 6 heteroatoms. The van der Waals surface area contributed by atoms with Crippen molar-refractivity contribution in [3.05, 3.63) is 23.8 Å². The zero-order valence-corrected chi connectivity index (χ0v) is 12.8. The van der Waals surface area contributed by atoms with Crippen molar-refractivity contribution >= 4 is 29.8 Å². The standard InChI is InChI=1S/C14H19NO4S/c1-5-14(3,4)12(16)15-10-7-6-9(2)8-11(10)20-19-13(17)18/h6-8H,5H2,1-4H3,(H,15,16)(H,17,18). The van der Waals surface area contributed by atoms with Crippen molar-refractivity contribution in [3.63, 3.8) is 0 Å². The van der Waals surface area contributed by atoms with Gasteiger partial charge in [-0.2, -0.15) is 0 Å². The Morgan fingerprint density at radius 3 is 2.60 bits per heavy atom. The van der Waals surface area contributed by atoms with Crippen LogP contribution in [0.3, 0.4) is 0 Å². The molecule has 0 fully saturated rings. The van der Waals surface area contributed by atoms with E-state index in [1.165, 1.54) is 0 Å².